The summed E-state index contributed by atoms with van der Waals surface area (Å²) in [6, 6.07) is -0.0756. The first kappa shape index (κ1) is 15.8. The Morgan fingerprint density at radius 2 is 2.30 bits per heavy atom. The Balaban J connectivity index is 2.11. The molecule has 0 aromatic carbocycles. The minimum atomic E-state index is -3.46. The number of aryl methyl sites for hydroxylation is 1. The molecule has 0 bridgehead atoms. The molecule has 1 saturated heterocycles. The van der Waals surface area contributed by atoms with Gasteiger partial charge in [-0.3, -0.25) is 0 Å². The van der Waals surface area contributed by atoms with E-state index < -0.39 is 10.2 Å². The fourth-order valence-electron chi connectivity index (χ4n) is 2.48. The van der Waals surface area contributed by atoms with Crippen molar-refractivity contribution in [3.8, 4) is 0 Å². The van der Waals surface area contributed by atoms with E-state index in [1.165, 1.54) is 15.6 Å². The SMILES string of the molecule is Cc1nc(CN(C)S(=O)(=O)N2CCCCC2CN)cs1. The number of hydrogen-bond donors (Lipinski definition) is 1. The van der Waals surface area contributed by atoms with Crippen LogP contribution < -0.4 is 5.73 Å². The Morgan fingerprint density at radius 3 is 2.90 bits per heavy atom. The van der Waals surface area contributed by atoms with Crippen LogP contribution in [0.4, 0.5) is 0 Å². The average Bonchev–Trinajstić information content (AvgIpc) is 2.84. The summed E-state index contributed by atoms with van der Waals surface area (Å²) in [5.74, 6) is 0. The van der Waals surface area contributed by atoms with Crippen molar-refractivity contribution < 1.29 is 8.42 Å². The lowest BCUT2D eigenvalue weighted by Crippen LogP contribution is -2.51. The average molecular weight is 318 g/mol. The van der Waals surface area contributed by atoms with Crippen molar-refractivity contribution in [2.45, 2.75) is 38.8 Å². The van der Waals surface area contributed by atoms with Crippen LogP contribution in [-0.4, -0.2) is 48.2 Å². The second-order valence-electron chi connectivity index (χ2n) is 5.12. The molecule has 1 aliphatic rings. The van der Waals surface area contributed by atoms with Gasteiger partial charge in [0.25, 0.3) is 10.2 Å². The van der Waals surface area contributed by atoms with Crippen LogP contribution in [0.1, 0.15) is 30.0 Å². The van der Waals surface area contributed by atoms with Gasteiger partial charge in [-0.25, -0.2) is 4.98 Å². The summed E-state index contributed by atoms with van der Waals surface area (Å²) >= 11 is 1.53. The molecule has 1 aromatic rings. The second kappa shape index (κ2) is 6.48. The van der Waals surface area contributed by atoms with Crippen LogP contribution >= 0.6 is 11.3 Å². The highest BCUT2D eigenvalue weighted by molar-refractivity contribution is 7.86. The van der Waals surface area contributed by atoms with Crippen LogP contribution in [0.2, 0.25) is 0 Å². The number of thiazole rings is 1. The van der Waals surface area contributed by atoms with E-state index in [2.05, 4.69) is 4.98 Å². The molecule has 1 fully saturated rings. The molecule has 1 aliphatic heterocycles. The van der Waals surface area contributed by atoms with Gasteiger partial charge in [0.15, 0.2) is 0 Å². The molecule has 6 nitrogen and oxygen atoms in total. The molecule has 1 unspecified atom stereocenters. The smallest absolute Gasteiger partial charge is 0.282 e. The minimum Gasteiger partial charge on any atom is -0.329 e. The third kappa shape index (κ3) is 3.37. The van der Waals surface area contributed by atoms with Gasteiger partial charge in [0.1, 0.15) is 0 Å². The summed E-state index contributed by atoms with van der Waals surface area (Å²) in [5, 5.41) is 2.85. The third-order valence-corrected chi connectivity index (χ3v) is 6.40. The molecule has 20 heavy (non-hydrogen) atoms. The monoisotopic (exact) mass is 318 g/mol. The predicted molar refractivity (Wildman–Crippen MR) is 80.6 cm³/mol. The van der Waals surface area contributed by atoms with Gasteiger partial charge in [-0.2, -0.15) is 17.0 Å². The zero-order valence-corrected chi connectivity index (χ0v) is 13.6. The van der Waals surface area contributed by atoms with E-state index in [4.69, 9.17) is 5.73 Å². The number of nitrogens with two attached hydrogens (primary N) is 1. The van der Waals surface area contributed by atoms with Gasteiger partial charge in [-0.05, 0) is 19.8 Å². The van der Waals surface area contributed by atoms with Crippen molar-refractivity contribution in [1.82, 2.24) is 13.6 Å². The quantitative estimate of drug-likeness (QED) is 0.876. The summed E-state index contributed by atoms with van der Waals surface area (Å²) in [4.78, 5) is 4.32. The van der Waals surface area contributed by atoms with Crippen LogP contribution in [-0.2, 0) is 16.8 Å². The van der Waals surface area contributed by atoms with Crippen molar-refractivity contribution in [2.75, 3.05) is 20.1 Å². The minimum absolute atomic E-state index is 0.0756. The highest BCUT2D eigenvalue weighted by Gasteiger charge is 2.34. The van der Waals surface area contributed by atoms with E-state index in [0.717, 1.165) is 30.0 Å². The van der Waals surface area contributed by atoms with Gasteiger partial charge in [0, 0.05) is 31.6 Å². The van der Waals surface area contributed by atoms with E-state index in [9.17, 15) is 8.42 Å². The van der Waals surface area contributed by atoms with Gasteiger partial charge >= 0.3 is 0 Å². The van der Waals surface area contributed by atoms with Crippen LogP contribution in [0, 0.1) is 6.92 Å². The maximum absolute atomic E-state index is 12.6. The summed E-state index contributed by atoms with van der Waals surface area (Å²) in [6.07, 6.45) is 2.79. The van der Waals surface area contributed by atoms with Crippen molar-refractivity contribution >= 4 is 21.5 Å². The molecule has 2 N–H and O–H groups in total. The molecule has 0 amide bonds. The Morgan fingerprint density at radius 1 is 1.55 bits per heavy atom. The van der Waals surface area contributed by atoms with E-state index in [0.29, 0.717) is 19.6 Å². The summed E-state index contributed by atoms with van der Waals surface area (Å²) < 4.78 is 28.2. The lowest BCUT2D eigenvalue weighted by molar-refractivity contribution is 0.239. The zero-order chi connectivity index (χ0) is 14.8. The van der Waals surface area contributed by atoms with Gasteiger partial charge in [0.05, 0.1) is 17.2 Å². The highest BCUT2D eigenvalue weighted by Crippen LogP contribution is 2.22. The van der Waals surface area contributed by atoms with Crippen molar-refractivity contribution in [3.05, 3.63) is 16.1 Å². The lowest BCUT2D eigenvalue weighted by atomic mass is 10.1. The van der Waals surface area contributed by atoms with Crippen LogP contribution in [0.15, 0.2) is 5.38 Å². The molecule has 2 heterocycles. The van der Waals surface area contributed by atoms with Crippen molar-refractivity contribution in [3.63, 3.8) is 0 Å². The molecule has 2 rings (SSSR count). The molecule has 8 heteroatoms. The lowest BCUT2D eigenvalue weighted by Gasteiger charge is -2.36. The summed E-state index contributed by atoms with van der Waals surface area (Å²) in [7, 11) is -1.86. The molecule has 114 valence electrons. The van der Waals surface area contributed by atoms with Crippen LogP contribution in [0.25, 0.3) is 0 Å². The summed E-state index contributed by atoms with van der Waals surface area (Å²) in [6.45, 7) is 3.16. The molecule has 1 atom stereocenters. The first-order valence-corrected chi connectivity index (χ1v) is 9.07. The number of aromatic nitrogens is 1. The number of rotatable bonds is 5. The number of nitrogens with zero attached hydrogens (tertiary/aromatic N) is 3. The zero-order valence-electron chi connectivity index (χ0n) is 11.9. The molecule has 0 aliphatic carbocycles. The van der Waals surface area contributed by atoms with E-state index >= 15 is 0 Å². The largest absolute Gasteiger partial charge is 0.329 e. The topological polar surface area (TPSA) is 79.5 Å². The standard InChI is InChI=1S/C12H22N4O2S2/c1-10-14-11(9-19-10)8-15(2)20(17,18)16-6-4-3-5-12(16)7-13/h9,12H,3-8,13H2,1-2H3. The highest BCUT2D eigenvalue weighted by atomic mass is 32.2. The van der Waals surface area contributed by atoms with Gasteiger partial charge in [0.2, 0.25) is 0 Å². The second-order valence-corrected chi connectivity index (χ2v) is 8.17. The number of hydrogen-bond acceptors (Lipinski definition) is 5. The van der Waals surface area contributed by atoms with Gasteiger partial charge in [-0.15, -0.1) is 11.3 Å². The Kier molecular flexibility index (Phi) is 5.14. The first-order valence-electron chi connectivity index (χ1n) is 6.79. The Labute approximate surface area is 124 Å². The van der Waals surface area contributed by atoms with Crippen molar-refractivity contribution in [1.29, 1.82) is 0 Å². The number of piperidine rings is 1. The molecule has 0 radical (unpaired) electrons. The molecule has 0 spiro atoms. The van der Waals surface area contributed by atoms with Crippen molar-refractivity contribution in [2.24, 2.45) is 5.73 Å². The molecule has 0 saturated carbocycles. The molecular formula is C12H22N4O2S2. The molecular weight excluding hydrogens is 296 g/mol. The Bertz CT molecular complexity index is 543. The van der Waals surface area contributed by atoms with Crippen LogP contribution in [0.3, 0.4) is 0 Å². The van der Waals surface area contributed by atoms with E-state index in [1.807, 2.05) is 12.3 Å². The van der Waals surface area contributed by atoms with Gasteiger partial charge in [-0.1, -0.05) is 6.42 Å². The van der Waals surface area contributed by atoms with E-state index in [-0.39, 0.29) is 6.04 Å². The normalized spacial score (nSPS) is 21.5. The maximum atomic E-state index is 12.6. The third-order valence-electron chi connectivity index (χ3n) is 3.59. The van der Waals surface area contributed by atoms with E-state index in [1.54, 1.807) is 11.4 Å². The van der Waals surface area contributed by atoms with Crippen LogP contribution in [0.5, 0.6) is 0 Å². The van der Waals surface area contributed by atoms with Gasteiger partial charge < -0.3 is 5.73 Å². The summed E-state index contributed by atoms with van der Waals surface area (Å²) in [5.41, 5.74) is 6.50. The fraction of sp³-hybridized carbons (Fsp3) is 0.750. The predicted octanol–water partition coefficient (Wildman–Crippen LogP) is 0.941. The fourth-order valence-corrected chi connectivity index (χ4v) is 4.67. The molecule has 1 aromatic heterocycles. The Hall–Kier alpha value is -0.540. The first-order chi connectivity index (χ1) is 9.45. The maximum Gasteiger partial charge on any atom is 0.282 e.